The molecule has 1 saturated heterocycles. The highest BCUT2D eigenvalue weighted by Gasteiger charge is 2.47. The minimum atomic E-state index is -1.28. The predicted molar refractivity (Wildman–Crippen MR) is 218 cm³/mol. The second kappa shape index (κ2) is 35.2. The average Bonchev–Trinajstić information content (AvgIpc) is 3.15. The van der Waals surface area contributed by atoms with E-state index in [1.54, 1.807) is 4.90 Å². The van der Waals surface area contributed by atoms with Crippen LogP contribution < -0.4 is 5.32 Å². The summed E-state index contributed by atoms with van der Waals surface area (Å²) >= 11 is 0. The zero-order chi connectivity index (χ0) is 38.8. The van der Waals surface area contributed by atoms with E-state index in [9.17, 15) is 24.9 Å². The lowest BCUT2D eigenvalue weighted by Crippen LogP contribution is -2.68. The van der Waals surface area contributed by atoms with Crippen molar-refractivity contribution in [3.05, 3.63) is 0 Å². The van der Waals surface area contributed by atoms with Crippen LogP contribution in [-0.2, 0) is 14.3 Å². The van der Waals surface area contributed by atoms with Crippen molar-refractivity contribution in [2.45, 2.75) is 250 Å². The van der Waals surface area contributed by atoms with Crippen LogP contribution in [0.15, 0.2) is 0 Å². The molecule has 1 aliphatic heterocycles. The number of aliphatic carboxylic acids is 1. The highest BCUT2D eigenvalue weighted by molar-refractivity contribution is 5.76. The molecule has 5 N–H and O–H groups in total. The van der Waals surface area contributed by atoms with E-state index >= 15 is 0 Å². The first-order valence-electron chi connectivity index (χ1n) is 22.7. The standard InChI is InChI=1S/C44H86N2O7/c1-3-5-7-9-11-13-15-17-18-19-20-22-24-26-29-33-39(48)46(36-32-27-25-23-21-16-14-12-10-8-6-4-2)44-41(43(52)42(51)38(37-47)53-44)45-35-31-28-30-34-40(49)50/h38,41-45,47,51-52H,3-37H2,1-2H3,(H,49,50)/t38-,41+,42-,43-,44-/m1/s1. The van der Waals surface area contributed by atoms with Crippen LogP contribution in [-0.4, -0.2) is 87.5 Å². The van der Waals surface area contributed by atoms with Crippen molar-refractivity contribution in [2.75, 3.05) is 19.7 Å². The van der Waals surface area contributed by atoms with Gasteiger partial charge in [0.25, 0.3) is 0 Å². The monoisotopic (exact) mass is 755 g/mol. The number of rotatable bonds is 38. The molecule has 0 radical (unpaired) electrons. The SMILES string of the molecule is CCCCCCCCCCCCCCCCCC(=O)N(CCCCCCCCCCCCCC)[C@@H]1O[C@H](CO)[C@@H](O)[C@H](O)[C@@H]1NCCCCCC(=O)O. The minimum absolute atomic E-state index is 0.00121. The smallest absolute Gasteiger partial charge is 0.303 e. The molecule has 0 aromatic carbocycles. The third kappa shape index (κ3) is 25.5. The van der Waals surface area contributed by atoms with Crippen LogP contribution in [0.25, 0.3) is 0 Å². The van der Waals surface area contributed by atoms with Crippen LogP contribution in [0.3, 0.4) is 0 Å². The second-order valence-corrected chi connectivity index (χ2v) is 16.1. The first-order chi connectivity index (χ1) is 25.9. The highest BCUT2D eigenvalue weighted by Crippen LogP contribution is 2.26. The average molecular weight is 755 g/mol. The molecular formula is C44H86N2O7. The highest BCUT2D eigenvalue weighted by atomic mass is 16.5. The number of nitrogens with zero attached hydrogens (tertiary/aromatic N) is 1. The van der Waals surface area contributed by atoms with Gasteiger partial charge in [-0.2, -0.15) is 0 Å². The molecular weight excluding hydrogens is 668 g/mol. The van der Waals surface area contributed by atoms with Crippen molar-refractivity contribution in [1.29, 1.82) is 0 Å². The summed E-state index contributed by atoms with van der Waals surface area (Å²) in [4.78, 5) is 26.5. The van der Waals surface area contributed by atoms with Crippen LogP contribution in [0, 0.1) is 0 Å². The summed E-state index contributed by atoms with van der Waals surface area (Å²) in [5.41, 5.74) is 0. The Bertz CT molecular complexity index is 847. The van der Waals surface area contributed by atoms with E-state index in [4.69, 9.17) is 9.84 Å². The van der Waals surface area contributed by atoms with Gasteiger partial charge in [0.1, 0.15) is 18.3 Å². The quantitative estimate of drug-likeness (QED) is 0.0393. The zero-order valence-corrected chi connectivity index (χ0v) is 34.6. The molecule has 53 heavy (non-hydrogen) atoms. The Balaban J connectivity index is 2.62. The van der Waals surface area contributed by atoms with Crippen LogP contribution in [0.4, 0.5) is 0 Å². The van der Waals surface area contributed by atoms with Crippen LogP contribution in [0.2, 0.25) is 0 Å². The van der Waals surface area contributed by atoms with Crippen molar-refractivity contribution >= 4 is 11.9 Å². The van der Waals surface area contributed by atoms with Crippen molar-refractivity contribution in [3.8, 4) is 0 Å². The summed E-state index contributed by atoms with van der Waals surface area (Å²) < 4.78 is 6.21. The number of aliphatic hydroxyl groups excluding tert-OH is 3. The summed E-state index contributed by atoms with van der Waals surface area (Å²) in [7, 11) is 0. The number of hydrogen-bond donors (Lipinski definition) is 5. The van der Waals surface area contributed by atoms with Gasteiger partial charge in [-0.25, -0.2) is 0 Å². The molecule has 0 aliphatic carbocycles. The van der Waals surface area contributed by atoms with Gasteiger partial charge in [0, 0.05) is 19.4 Å². The van der Waals surface area contributed by atoms with E-state index in [0.717, 1.165) is 44.9 Å². The number of amides is 1. The van der Waals surface area contributed by atoms with Crippen molar-refractivity contribution in [2.24, 2.45) is 0 Å². The molecule has 1 rings (SSSR count). The Kier molecular flexibility index (Phi) is 33.0. The second-order valence-electron chi connectivity index (χ2n) is 16.1. The van der Waals surface area contributed by atoms with Crippen molar-refractivity contribution < 1.29 is 34.8 Å². The first-order valence-corrected chi connectivity index (χ1v) is 22.7. The topological polar surface area (TPSA) is 140 Å². The van der Waals surface area contributed by atoms with Gasteiger partial charge in [-0.1, -0.05) is 181 Å². The number of carboxylic acids is 1. The molecule has 0 aromatic heterocycles. The molecule has 1 aliphatic rings. The van der Waals surface area contributed by atoms with E-state index < -0.39 is 43.2 Å². The Labute approximate surface area is 325 Å². The van der Waals surface area contributed by atoms with Gasteiger partial charge in [-0.05, 0) is 32.2 Å². The maximum atomic E-state index is 13.9. The first kappa shape index (κ1) is 49.8. The lowest BCUT2D eigenvalue weighted by Gasteiger charge is -2.47. The number of nitrogens with one attached hydrogen (secondary N) is 1. The molecule has 0 unspecified atom stereocenters. The fourth-order valence-electron chi connectivity index (χ4n) is 7.74. The molecule has 0 bridgehead atoms. The summed E-state index contributed by atoms with van der Waals surface area (Å²) in [5.74, 6) is -0.811. The molecule has 9 nitrogen and oxygen atoms in total. The van der Waals surface area contributed by atoms with E-state index in [2.05, 4.69) is 19.2 Å². The third-order valence-corrected chi connectivity index (χ3v) is 11.2. The number of aliphatic hydroxyl groups is 3. The van der Waals surface area contributed by atoms with Crippen LogP contribution >= 0.6 is 0 Å². The summed E-state index contributed by atoms with van der Waals surface area (Å²) in [6.07, 6.45) is 32.0. The maximum Gasteiger partial charge on any atom is 0.303 e. The molecule has 0 aromatic rings. The summed E-state index contributed by atoms with van der Waals surface area (Å²) in [6, 6.07) is -0.713. The molecule has 314 valence electrons. The van der Waals surface area contributed by atoms with Crippen LogP contribution in [0.1, 0.15) is 219 Å². The van der Waals surface area contributed by atoms with E-state index in [-0.39, 0.29) is 12.3 Å². The maximum absolute atomic E-state index is 13.9. The Morgan fingerprint density at radius 2 is 0.943 bits per heavy atom. The molecule has 1 amide bonds. The van der Waals surface area contributed by atoms with Gasteiger partial charge in [-0.15, -0.1) is 0 Å². The van der Waals surface area contributed by atoms with Gasteiger partial charge in [0.15, 0.2) is 6.23 Å². The van der Waals surface area contributed by atoms with E-state index in [0.29, 0.717) is 32.4 Å². The number of carboxylic acid groups (broad SMARTS) is 1. The predicted octanol–water partition coefficient (Wildman–Crippen LogP) is 9.82. The molecule has 0 spiro atoms. The largest absolute Gasteiger partial charge is 0.481 e. The van der Waals surface area contributed by atoms with Crippen molar-refractivity contribution in [3.63, 3.8) is 0 Å². The number of hydrogen-bond acceptors (Lipinski definition) is 7. The van der Waals surface area contributed by atoms with Crippen LogP contribution in [0.5, 0.6) is 0 Å². The van der Waals surface area contributed by atoms with Gasteiger partial charge in [-0.3, -0.25) is 9.59 Å². The molecule has 1 heterocycles. The van der Waals surface area contributed by atoms with Gasteiger partial charge >= 0.3 is 5.97 Å². The van der Waals surface area contributed by atoms with E-state index in [1.165, 1.54) is 135 Å². The minimum Gasteiger partial charge on any atom is -0.481 e. The van der Waals surface area contributed by atoms with Gasteiger partial charge in [0.05, 0.1) is 12.6 Å². The van der Waals surface area contributed by atoms with Crippen molar-refractivity contribution in [1.82, 2.24) is 10.2 Å². The molecule has 0 saturated carbocycles. The Morgan fingerprint density at radius 3 is 1.38 bits per heavy atom. The number of unbranched alkanes of at least 4 members (excludes halogenated alkanes) is 27. The normalized spacial score (nSPS) is 20.2. The lowest BCUT2D eigenvalue weighted by atomic mass is 9.94. The number of carbonyl (C=O) groups excluding carboxylic acids is 1. The fraction of sp³-hybridized carbons (Fsp3) is 0.955. The Hall–Kier alpha value is -1.26. The zero-order valence-electron chi connectivity index (χ0n) is 34.6. The fourth-order valence-corrected chi connectivity index (χ4v) is 7.74. The van der Waals surface area contributed by atoms with E-state index in [1.807, 2.05) is 0 Å². The number of ether oxygens (including phenoxy) is 1. The Morgan fingerprint density at radius 1 is 0.547 bits per heavy atom. The van der Waals surface area contributed by atoms with Gasteiger partial charge < -0.3 is 35.4 Å². The third-order valence-electron chi connectivity index (χ3n) is 11.2. The summed E-state index contributed by atoms with van der Waals surface area (Å²) in [5, 5.41) is 44.2. The van der Waals surface area contributed by atoms with Gasteiger partial charge in [0.2, 0.25) is 5.91 Å². The number of carbonyl (C=O) groups is 2. The molecule has 1 fully saturated rings. The molecule has 9 heteroatoms. The molecule has 5 atom stereocenters. The summed E-state index contributed by atoms with van der Waals surface area (Å²) in [6.45, 7) is 5.08. The lowest BCUT2D eigenvalue weighted by molar-refractivity contribution is -0.231.